The maximum atomic E-state index is 13.0. The molecule has 0 bridgehead atoms. The summed E-state index contributed by atoms with van der Waals surface area (Å²) in [6.45, 7) is 2.11. The lowest BCUT2D eigenvalue weighted by molar-refractivity contribution is 0.194. The highest BCUT2D eigenvalue weighted by molar-refractivity contribution is 7.90. The molecule has 3 heterocycles. The van der Waals surface area contributed by atoms with Crippen LogP contribution in [-0.4, -0.2) is 59.6 Å². The molecule has 148 valence electrons. The standard InChI is InChI=1S/C19H28N4O3S/c24-19(21-17-3-1-2-4-17)22-11-7-16-14-23(13-15-5-9-20-10-6-15)27(25,26)18(16)8-12-22/h5-6,9-10,16-18H,1-4,7-8,11-14H2,(H,21,24)/t16-,18-/m1/s1. The van der Waals surface area contributed by atoms with Crippen molar-refractivity contribution in [2.45, 2.75) is 56.4 Å². The molecule has 1 aliphatic carbocycles. The van der Waals surface area contributed by atoms with Gasteiger partial charge in [0.05, 0.1) is 5.25 Å². The lowest BCUT2D eigenvalue weighted by Crippen LogP contribution is -2.44. The maximum absolute atomic E-state index is 13.0. The van der Waals surface area contributed by atoms with E-state index in [2.05, 4.69) is 10.3 Å². The highest BCUT2D eigenvalue weighted by Gasteiger charge is 2.47. The Morgan fingerprint density at radius 3 is 2.56 bits per heavy atom. The molecule has 0 spiro atoms. The van der Waals surface area contributed by atoms with Crippen molar-refractivity contribution in [1.29, 1.82) is 0 Å². The van der Waals surface area contributed by atoms with Crippen molar-refractivity contribution >= 4 is 16.1 Å². The number of hydrogen-bond acceptors (Lipinski definition) is 4. The summed E-state index contributed by atoms with van der Waals surface area (Å²) in [4.78, 5) is 18.4. The fourth-order valence-corrected chi connectivity index (χ4v) is 6.90. The van der Waals surface area contributed by atoms with Crippen molar-refractivity contribution in [2.75, 3.05) is 19.6 Å². The monoisotopic (exact) mass is 392 g/mol. The minimum Gasteiger partial charge on any atom is -0.335 e. The SMILES string of the molecule is O=C(NC1CCCC1)N1CC[C@@H]2CN(Cc3ccncc3)S(=O)(=O)[C@@H]2CC1. The van der Waals surface area contributed by atoms with Gasteiger partial charge in [0.15, 0.2) is 0 Å². The largest absolute Gasteiger partial charge is 0.335 e. The van der Waals surface area contributed by atoms with E-state index in [1.165, 1.54) is 12.8 Å². The third-order valence-corrected chi connectivity index (χ3v) is 8.62. The van der Waals surface area contributed by atoms with E-state index >= 15 is 0 Å². The van der Waals surface area contributed by atoms with E-state index in [1.807, 2.05) is 17.0 Å². The number of urea groups is 1. The molecule has 1 N–H and O–H groups in total. The van der Waals surface area contributed by atoms with Crippen molar-refractivity contribution in [3.63, 3.8) is 0 Å². The number of hydrogen-bond donors (Lipinski definition) is 1. The molecule has 3 fully saturated rings. The van der Waals surface area contributed by atoms with E-state index in [1.54, 1.807) is 16.7 Å². The van der Waals surface area contributed by atoms with Gasteiger partial charge in [-0.2, -0.15) is 4.31 Å². The molecule has 27 heavy (non-hydrogen) atoms. The molecule has 8 heteroatoms. The topological polar surface area (TPSA) is 82.6 Å². The van der Waals surface area contributed by atoms with Crippen LogP contribution in [0.4, 0.5) is 4.79 Å². The molecule has 0 aromatic carbocycles. The molecule has 2 amide bonds. The first kappa shape index (κ1) is 18.7. The van der Waals surface area contributed by atoms with Crippen molar-refractivity contribution in [1.82, 2.24) is 19.5 Å². The molecule has 7 nitrogen and oxygen atoms in total. The molecular formula is C19H28N4O3S. The van der Waals surface area contributed by atoms with E-state index in [0.717, 1.165) is 24.8 Å². The summed E-state index contributed by atoms with van der Waals surface area (Å²) in [6, 6.07) is 3.99. The lowest BCUT2D eigenvalue weighted by Gasteiger charge is -2.24. The summed E-state index contributed by atoms with van der Waals surface area (Å²) < 4.78 is 27.7. The Labute approximate surface area is 161 Å². The van der Waals surface area contributed by atoms with Gasteiger partial charge in [-0.25, -0.2) is 13.2 Å². The highest BCUT2D eigenvalue weighted by Crippen LogP contribution is 2.35. The number of amides is 2. The van der Waals surface area contributed by atoms with E-state index in [9.17, 15) is 13.2 Å². The minimum absolute atomic E-state index is 0.0205. The van der Waals surface area contributed by atoms with Gasteiger partial charge in [-0.05, 0) is 49.3 Å². The van der Waals surface area contributed by atoms with Gasteiger partial charge >= 0.3 is 6.03 Å². The normalized spacial score (nSPS) is 28.7. The number of sulfonamides is 1. The molecule has 0 unspecified atom stereocenters. The first-order valence-electron chi connectivity index (χ1n) is 9.97. The zero-order valence-electron chi connectivity index (χ0n) is 15.6. The quantitative estimate of drug-likeness (QED) is 0.852. The number of pyridine rings is 1. The number of fused-ring (bicyclic) bond motifs is 1. The van der Waals surface area contributed by atoms with Gasteiger partial charge in [-0.3, -0.25) is 4.98 Å². The number of carbonyl (C=O) groups excluding carboxylic acids is 1. The zero-order chi connectivity index (χ0) is 18.9. The third kappa shape index (κ3) is 3.96. The predicted molar refractivity (Wildman–Crippen MR) is 102 cm³/mol. The second-order valence-corrected chi connectivity index (χ2v) is 10.1. The van der Waals surface area contributed by atoms with Crippen LogP contribution in [0.1, 0.15) is 44.1 Å². The Hall–Kier alpha value is -1.67. The van der Waals surface area contributed by atoms with E-state index in [-0.39, 0.29) is 17.2 Å². The van der Waals surface area contributed by atoms with Crippen LogP contribution >= 0.6 is 0 Å². The zero-order valence-corrected chi connectivity index (χ0v) is 16.4. The molecule has 4 rings (SSSR count). The van der Waals surface area contributed by atoms with Gasteiger partial charge in [0.25, 0.3) is 0 Å². The molecule has 3 aliphatic rings. The average Bonchev–Trinajstić information content (AvgIpc) is 3.16. The first-order valence-corrected chi connectivity index (χ1v) is 11.5. The average molecular weight is 393 g/mol. The van der Waals surface area contributed by atoms with Crippen LogP contribution in [-0.2, 0) is 16.6 Å². The molecule has 1 saturated carbocycles. The predicted octanol–water partition coefficient (Wildman–Crippen LogP) is 1.96. The van der Waals surface area contributed by atoms with Crippen LogP contribution in [0.25, 0.3) is 0 Å². The molecular weight excluding hydrogens is 364 g/mol. The van der Waals surface area contributed by atoms with Gasteiger partial charge in [-0.1, -0.05) is 12.8 Å². The van der Waals surface area contributed by atoms with Crippen molar-refractivity contribution < 1.29 is 13.2 Å². The van der Waals surface area contributed by atoms with Gasteiger partial charge < -0.3 is 10.2 Å². The maximum Gasteiger partial charge on any atom is 0.317 e. The van der Waals surface area contributed by atoms with Crippen molar-refractivity contribution in [3.05, 3.63) is 30.1 Å². The Bertz CT molecular complexity index is 764. The number of likely N-dealkylation sites (tertiary alicyclic amines) is 1. The molecule has 1 aromatic rings. The van der Waals surface area contributed by atoms with Crippen LogP contribution in [0, 0.1) is 5.92 Å². The highest BCUT2D eigenvalue weighted by atomic mass is 32.2. The van der Waals surface area contributed by atoms with Crippen LogP contribution in [0.5, 0.6) is 0 Å². The minimum atomic E-state index is -3.33. The number of aromatic nitrogens is 1. The number of carbonyl (C=O) groups is 1. The summed E-state index contributed by atoms with van der Waals surface area (Å²) in [5.41, 5.74) is 0.961. The summed E-state index contributed by atoms with van der Waals surface area (Å²) in [5, 5.41) is 2.75. The van der Waals surface area contributed by atoms with Gasteiger partial charge in [0, 0.05) is 44.6 Å². The summed E-state index contributed by atoms with van der Waals surface area (Å²) in [5.74, 6) is 0.0983. The van der Waals surface area contributed by atoms with Crippen LogP contribution in [0.15, 0.2) is 24.5 Å². The molecule has 2 aliphatic heterocycles. The fraction of sp³-hybridized carbons (Fsp3) is 0.684. The number of rotatable bonds is 3. The van der Waals surface area contributed by atoms with Gasteiger partial charge in [0.1, 0.15) is 0 Å². The van der Waals surface area contributed by atoms with Gasteiger partial charge in [-0.15, -0.1) is 0 Å². The summed E-state index contributed by atoms with van der Waals surface area (Å²) in [6.07, 6.45) is 9.13. The summed E-state index contributed by atoms with van der Waals surface area (Å²) >= 11 is 0. The smallest absolute Gasteiger partial charge is 0.317 e. The van der Waals surface area contributed by atoms with E-state index < -0.39 is 10.0 Å². The van der Waals surface area contributed by atoms with Crippen molar-refractivity contribution in [3.8, 4) is 0 Å². The Morgan fingerprint density at radius 1 is 1.11 bits per heavy atom. The Morgan fingerprint density at radius 2 is 1.81 bits per heavy atom. The molecule has 2 saturated heterocycles. The second-order valence-electron chi connectivity index (χ2n) is 7.99. The number of nitrogens with one attached hydrogen (secondary N) is 1. The van der Waals surface area contributed by atoms with Crippen LogP contribution in [0.3, 0.4) is 0 Å². The molecule has 2 atom stereocenters. The Kier molecular flexibility index (Phi) is 5.36. The number of nitrogens with zero attached hydrogens (tertiary/aromatic N) is 3. The Balaban J connectivity index is 1.38. The molecule has 0 radical (unpaired) electrons. The van der Waals surface area contributed by atoms with Crippen molar-refractivity contribution in [2.24, 2.45) is 5.92 Å². The van der Waals surface area contributed by atoms with Gasteiger partial charge in [0.2, 0.25) is 10.0 Å². The first-order chi connectivity index (χ1) is 13.0. The third-order valence-electron chi connectivity index (χ3n) is 6.24. The van der Waals surface area contributed by atoms with Crippen LogP contribution in [0.2, 0.25) is 0 Å². The fourth-order valence-electron chi connectivity index (χ4n) is 4.68. The van der Waals surface area contributed by atoms with E-state index in [0.29, 0.717) is 38.6 Å². The molecule has 1 aromatic heterocycles. The van der Waals surface area contributed by atoms with E-state index in [4.69, 9.17) is 0 Å². The summed E-state index contributed by atoms with van der Waals surface area (Å²) in [7, 11) is -3.33. The van der Waals surface area contributed by atoms with Crippen LogP contribution < -0.4 is 5.32 Å². The second kappa shape index (κ2) is 7.75. The lowest BCUT2D eigenvalue weighted by atomic mass is 10.0.